The van der Waals surface area contributed by atoms with Gasteiger partial charge in [0, 0.05) is 5.92 Å². The second-order valence-electron chi connectivity index (χ2n) is 7.14. The summed E-state index contributed by atoms with van der Waals surface area (Å²) < 4.78 is 21.4. The van der Waals surface area contributed by atoms with Gasteiger partial charge in [0.15, 0.2) is 11.5 Å². The molecule has 0 spiro atoms. The topological polar surface area (TPSA) is 95.2 Å². The molecule has 1 aromatic heterocycles. The van der Waals surface area contributed by atoms with Crippen LogP contribution in [0.25, 0.3) is 11.0 Å². The summed E-state index contributed by atoms with van der Waals surface area (Å²) in [5.74, 6) is -0.705. The Morgan fingerprint density at radius 3 is 2.58 bits per heavy atom. The van der Waals surface area contributed by atoms with Gasteiger partial charge in [0.1, 0.15) is 17.9 Å². The van der Waals surface area contributed by atoms with Crippen LogP contribution in [-0.2, 0) is 9.53 Å². The van der Waals surface area contributed by atoms with Gasteiger partial charge in [-0.1, -0.05) is 24.8 Å². The van der Waals surface area contributed by atoms with Crippen molar-refractivity contribution in [1.82, 2.24) is 0 Å². The molecule has 0 saturated carbocycles. The SMILES string of the molecule is C=C(C)COc1cc(C(CC(=O)OC)c2c(O)c3ccccc3oc2=O)ccc1OC. The molecule has 0 bridgehead atoms. The van der Waals surface area contributed by atoms with Gasteiger partial charge in [0.25, 0.3) is 0 Å². The van der Waals surface area contributed by atoms with Crippen molar-refractivity contribution >= 4 is 16.9 Å². The van der Waals surface area contributed by atoms with Crippen LogP contribution in [0.4, 0.5) is 0 Å². The van der Waals surface area contributed by atoms with E-state index in [9.17, 15) is 14.7 Å². The zero-order valence-electron chi connectivity index (χ0n) is 17.6. The predicted molar refractivity (Wildman–Crippen MR) is 116 cm³/mol. The van der Waals surface area contributed by atoms with E-state index in [1.807, 2.05) is 6.92 Å². The fourth-order valence-corrected chi connectivity index (χ4v) is 3.32. The van der Waals surface area contributed by atoms with E-state index in [-0.39, 0.29) is 29.9 Å². The Morgan fingerprint density at radius 2 is 1.90 bits per heavy atom. The summed E-state index contributed by atoms with van der Waals surface area (Å²) in [5.41, 5.74) is 0.864. The van der Waals surface area contributed by atoms with Crippen LogP contribution in [0, 0.1) is 0 Å². The Bertz CT molecular complexity index is 1180. The van der Waals surface area contributed by atoms with E-state index >= 15 is 0 Å². The minimum atomic E-state index is -0.827. The van der Waals surface area contributed by atoms with Crippen LogP contribution in [0.5, 0.6) is 17.2 Å². The lowest BCUT2D eigenvalue weighted by atomic mass is 9.88. The maximum Gasteiger partial charge on any atom is 0.343 e. The minimum absolute atomic E-state index is 0.0277. The van der Waals surface area contributed by atoms with Gasteiger partial charge in [-0.25, -0.2) is 4.79 Å². The smallest absolute Gasteiger partial charge is 0.343 e. The molecule has 1 unspecified atom stereocenters. The number of rotatable bonds is 8. The van der Waals surface area contributed by atoms with E-state index in [1.54, 1.807) is 42.5 Å². The maximum atomic E-state index is 12.8. The molecule has 3 aromatic rings. The number of fused-ring (bicyclic) bond motifs is 1. The Hall–Kier alpha value is -3.74. The third-order valence-electron chi connectivity index (χ3n) is 4.83. The number of hydrogen-bond donors (Lipinski definition) is 1. The summed E-state index contributed by atoms with van der Waals surface area (Å²) in [5, 5.41) is 11.3. The molecule has 3 rings (SSSR count). The highest BCUT2D eigenvalue weighted by molar-refractivity contribution is 5.84. The highest BCUT2D eigenvalue weighted by Gasteiger charge is 2.28. The molecule has 2 aromatic carbocycles. The van der Waals surface area contributed by atoms with Crippen LogP contribution < -0.4 is 15.1 Å². The summed E-state index contributed by atoms with van der Waals surface area (Å²) in [6, 6.07) is 11.7. The molecular weight excluding hydrogens is 400 g/mol. The van der Waals surface area contributed by atoms with E-state index in [2.05, 4.69) is 6.58 Å². The lowest BCUT2D eigenvalue weighted by Crippen LogP contribution is -2.18. The van der Waals surface area contributed by atoms with Crippen molar-refractivity contribution in [1.29, 1.82) is 0 Å². The number of benzene rings is 2. The van der Waals surface area contributed by atoms with Gasteiger partial charge >= 0.3 is 11.6 Å². The van der Waals surface area contributed by atoms with Gasteiger partial charge in [-0.05, 0) is 42.3 Å². The summed E-state index contributed by atoms with van der Waals surface area (Å²) >= 11 is 0. The molecule has 1 N–H and O–H groups in total. The first-order valence-electron chi connectivity index (χ1n) is 9.62. The van der Waals surface area contributed by atoms with Crippen molar-refractivity contribution in [3.63, 3.8) is 0 Å². The summed E-state index contributed by atoms with van der Waals surface area (Å²) in [6.07, 6.45) is -0.181. The van der Waals surface area contributed by atoms with Crippen LogP contribution in [0.3, 0.4) is 0 Å². The highest BCUT2D eigenvalue weighted by Crippen LogP contribution is 2.39. The van der Waals surface area contributed by atoms with Crippen molar-refractivity contribution in [2.75, 3.05) is 20.8 Å². The maximum absolute atomic E-state index is 12.8. The molecule has 0 aliphatic rings. The number of hydrogen-bond acceptors (Lipinski definition) is 7. The Labute approximate surface area is 179 Å². The van der Waals surface area contributed by atoms with Gasteiger partial charge in [-0.3, -0.25) is 4.79 Å². The Balaban J connectivity index is 2.18. The zero-order valence-corrected chi connectivity index (χ0v) is 17.6. The van der Waals surface area contributed by atoms with Crippen molar-refractivity contribution < 1.29 is 28.5 Å². The first-order chi connectivity index (χ1) is 14.8. The van der Waals surface area contributed by atoms with Crippen LogP contribution in [0.2, 0.25) is 0 Å². The number of methoxy groups -OCH3 is 2. The number of ether oxygens (including phenoxy) is 3. The Kier molecular flexibility index (Phi) is 6.65. The standard InChI is InChI=1S/C24H24O7/c1-14(2)13-30-20-11-15(9-10-19(20)28-3)17(12-21(25)29-4)22-23(26)16-7-5-6-8-18(16)31-24(22)27/h5-11,17,26H,1,12-13H2,2-4H3. The second kappa shape index (κ2) is 9.38. The van der Waals surface area contributed by atoms with Crippen LogP contribution >= 0.6 is 0 Å². The van der Waals surface area contributed by atoms with E-state index in [0.717, 1.165) is 5.57 Å². The van der Waals surface area contributed by atoms with Crippen LogP contribution in [0.15, 0.2) is 63.8 Å². The first-order valence-corrected chi connectivity index (χ1v) is 9.62. The van der Waals surface area contributed by atoms with Crippen molar-refractivity contribution in [3.8, 4) is 17.2 Å². The molecule has 1 heterocycles. The molecule has 0 saturated heterocycles. The monoisotopic (exact) mass is 424 g/mol. The van der Waals surface area contributed by atoms with Gasteiger partial charge in [0.05, 0.1) is 31.6 Å². The average molecular weight is 424 g/mol. The molecule has 7 nitrogen and oxygen atoms in total. The Morgan fingerprint density at radius 1 is 1.16 bits per heavy atom. The fourth-order valence-electron chi connectivity index (χ4n) is 3.32. The van der Waals surface area contributed by atoms with Gasteiger partial charge < -0.3 is 23.7 Å². The predicted octanol–water partition coefficient (Wildman–Crippen LogP) is 4.16. The number of esters is 1. The lowest BCUT2D eigenvalue weighted by molar-refractivity contribution is -0.140. The van der Waals surface area contributed by atoms with Crippen molar-refractivity contribution in [2.24, 2.45) is 0 Å². The number of carbonyl (C=O) groups excluding carboxylic acids is 1. The molecule has 162 valence electrons. The summed E-state index contributed by atoms with van der Waals surface area (Å²) in [6.45, 7) is 5.92. The van der Waals surface area contributed by atoms with Gasteiger partial charge in [-0.2, -0.15) is 0 Å². The van der Waals surface area contributed by atoms with Crippen molar-refractivity contribution in [2.45, 2.75) is 19.3 Å². The molecule has 31 heavy (non-hydrogen) atoms. The molecule has 0 amide bonds. The van der Waals surface area contributed by atoms with Gasteiger partial charge in [-0.15, -0.1) is 0 Å². The number of para-hydroxylation sites is 1. The number of aromatic hydroxyl groups is 1. The first kappa shape index (κ1) is 22.0. The largest absolute Gasteiger partial charge is 0.507 e. The van der Waals surface area contributed by atoms with E-state index < -0.39 is 17.5 Å². The van der Waals surface area contributed by atoms with Crippen LogP contribution in [-0.4, -0.2) is 31.9 Å². The normalized spacial score (nSPS) is 11.7. The fraction of sp³-hybridized carbons (Fsp3) is 0.250. The molecule has 0 radical (unpaired) electrons. The van der Waals surface area contributed by atoms with E-state index in [4.69, 9.17) is 18.6 Å². The third kappa shape index (κ3) is 4.71. The zero-order chi connectivity index (χ0) is 22.5. The van der Waals surface area contributed by atoms with E-state index in [0.29, 0.717) is 22.4 Å². The molecular formula is C24H24O7. The lowest BCUT2D eigenvalue weighted by Gasteiger charge is -2.19. The van der Waals surface area contributed by atoms with Crippen LogP contribution in [0.1, 0.15) is 30.4 Å². The molecule has 0 aliphatic heterocycles. The quantitative estimate of drug-likeness (QED) is 0.330. The summed E-state index contributed by atoms with van der Waals surface area (Å²) in [4.78, 5) is 25.0. The average Bonchev–Trinajstić information content (AvgIpc) is 2.76. The third-order valence-corrected chi connectivity index (χ3v) is 4.83. The van der Waals surface area contributed by atoms with Crippen molar-refractivity contribution in [3.05, 3.63) is 76.2 Å². The number of carbonyl (C=O) groups is 1. The summed E-state index contributed by atoms with van der Waals surface area (Å²) in [7, 11) is 2.77. The molecule has 7 heteroatoms. The minimum Gasteiger partial charge on any atom is -0.507 e. The molecule has 0 fully saturated rings. The highest BCUT2D eigenvalue weighted by atomic mass is 16.5. The van der Waals surface area contributed by atoms with E-state index in [1.165, 1.54) is 14.2 Å². The second-order valence-corrected chi connectivity index (χ2v) is 7.14. The van der Waals surface area contributed by atoms with Gasteiger partial charge in [0.2, 0.25) is 0 Å². The molecule has 1 atom stereocenters. The molecule has 0 aliphatic carbocycles.